The molecule has 0 radical (unpaired) electrons. The number of ether oxygens (including phenoxy) is 1. The Morgan fingerprint density at radius 2 is 2.05 bits per heavy atom. The second-order valence-electron chi connectivity index (χ2n) is 7.04. The Labute approximate surface area is 116 Å². The van der Waals surface area contributed by atoms with Crippen LogP contribution in [0, 0.1) is 11.3 Å². The molecule has 0 aliphatic heterocycles. The summed E-state index contributed by atoms with van der Waals surface area (Å²) < 4.78 is 5.58. The molecule has 1 amide bonds. The van der Waals surface area contributed by atoms with Crippen LogP contribution in [0.15, 0.2) is 0 Å². The maximum absolute atomic E-state index is 12.1. The fourth-order valence-corrected chi connectivity index (χ4v) is 3.53. The summed E-state index contributed by atoms with van der Waals surface area (Å²) in [4.78, 5) is 12.1. The molecule has 0 bridgehead atoms. The number of nitrogens with one attached hydrogen (secondary N) is 1. The van der Waals surface area contributed by atoms with Crippen molar-refractivity contribution >= 4 is 5.91 Å². The van der Waals surface area contributed by atoms with Crippen LogP contribution in [0.2, 0.25) is 0 Å². The summed E-state index contributed by atoms with van der Waals surface area (Å²) in [5, 5.41) is 3.17. The molecule has 2 aliphatic carbocycles. The van der Waals surface area contributed by atoms with E-state index >= 15 is 0 Å². The van der Waals surface area contributed by atoms with Gasteiger partial charge in [0.05, 0.1) is 5.60 Å². The number of methoxy groups -OCH3 is 1. The first-order valence-electron chi connectivity index (χ1n) is 7.40. The van der Waals surface area contributed by atoms with Crippen LogP contribution in [-0.4, -0.2) is 30.7 Å². The van der Waals surface area contributed by atoms with Gasteiger partial charge in [0, 0.05) is 31.0 Å². The van der Waals surface area contributed by atoms with E-state index in [-0.39, 0.29) is 29.0 Å². The number of amides is 1. The molecule has 4 nitrogen and oxygen atoms in total. The first-order valence-corrected chi connectivity index (χ1v) is 7.40. The number of nitrogens with two attached hydrogens (primary N) is 1. The minimum Gasteiger partial charge on any atom is -0.378 e. The highest BCUT2D eigenvalue weighted by molar-refractivity contribution is 5.77. The molecular weight excluding hydrogens is 240 g/mol. The summed E-state index contributed by atoms with van der Waals surface area (Å²) in [5.41, 5.74) is 5.87. The molecule has 4 heteroatoms. The van der Waals surface area contributed by atoms with E-state index in [0.29, 0.717) is 12.3 Å². The molecule has 3 N–H and O–H groups in total. The molecule has 0 saturated heterocycles. The lowest BCUT2D eigenvalue weighted by molar-refractivity contribution is -0.182. The molecule has 19 heavy (non-hydrogen) atoms. The average molecular weight is 268 g/mol. The minimum atomic E-state index is -0.130. The highest BCUT2D eigenvalue weighted by atomic mass is 16.5. The molecule has 4 atom stereocenters. The average Bonchev–Trinajstić information content (AvgIpc) is 2.74. The molecule has 2 aliphatic rings. The monoisotopic (exact) mass is 268 g/mol. The summed E-state index contributed by atoms with van der Waals surface area (Å²) in [6, 6.07) is 0.423. The van der Waals surface area contributed by atoms with Crippen molar-refractivity contribution in [3.8, 4) is 0 Å². The van der Waals surface area contributed by atoms with Crippen LogP contribution in [0.25, 0.3) is 0 Å². The van der Waals surface area contributed by atoms with Gasteiger partial charge in [-0.15, -0.1) is 0 Å². The largest absolute Gasteiger partial charge is 0.378 e. The Bertz CT molecular complexity index is 356. The van der Waals surface area contributed by atoms with Gasteiger partial charge in [0.2, 0.25) is 5.91 Å². The zero-order valence-electron chi connectivity index (χ0n) is 12.7. The van der Waals surface area contributed by atoms with Crippen LogP contribution in [-0.2, 0) is 9.53 Å². The van der Waals surface area contributed by atoms with Crippen LogP contribution >= 0.6 is 0 Å². The van der Waals surface area contributed by atoms with Crippen molar-refractivity contribution in [1.82, 2.24) is 5.32 Å². The normalized spacial score (nSPS) is 40.8. The van der Waals surface area contributed by atoms with Gasteiger partial charge in [-0.1, -0.05) is 20.3 Å². The quantitative estimate of drug-likeness (QED) is 0.817. The topological polar surface area (TPSA) is 64.3 Å². The summed E-state index contributed by atoms with van der Waals surface area (Å²) in [5.74, 6) is 0.524. The van der Waals surface area contributed by atoms with Crippen molar-refractivity contribution in [2.24, 2.45) is 17.1 Å². The first-order chi connectivity index (χ1) is 8.80. The van der Waals surface area contributed by atoms with Crippen LogP contribution < -0.4 is 11.1 Å². The fourth-order valence-electron chi connectivity index (χ4n) is 3.53. The van der Waals surface area contributed by atoms with E-state index in [9.17, 15) is 4.79 Å². The molecule has 110 valence electrons. The number of carbonyl (C=O) groups excluding carboxylic acids is 1. The predicted octanol–water partition coefficient (Wildman–Crippen LogP) is 1.82. The standard InChI is InChI=1S/C15H28N2O2/c1-14(2)12(9-15(14,3)19-4)17-13(18)8-10-6-5-7-11(10)16/h10-12H,5-9,16H2,1-4H3,(H,17,18)/t10-,11+,12?,15?/m0/s1. The van der Waals surface area contributed by atoms with E-state index < -0.39 is 0 Å². The second kappa shape index (κ2) is 5.06. The van der Waals surface area contributed by atoms with Crippen LogP contribution in [0.3, 0.4) is 0 Å². The van der Waals surface area contributed by atoms with Gasteiger partial charge < -0.3 is 15.8 Å². The Balaban J connectivity index is 1.84. The van der Waals surface area contributed by atoms with Crippen LogP contribution in [0.1, 0.15) is 52.9 Å². The summed E-state index contributed by atoms with van der Waals surface area (Å²) in [6.45, 7) is 6.43. The molecule has 2 saturated carbocycles. The van der Waals surface area contributed by atoms with Crippen molar-refractivity contribution in [2.75, 3.05) is 7.11 Å². The Kier molecular flexibility index (Phi) is 3.94. The SMILES string of the molecule is COC1(C)CC(NC(=O)C[C@@H]2CCC[C@H]2N)C1(C)C. The van der Waals surface area contributed by atoms with E-state index in [1.165, 1.54) is 0 Å². The lowest BCUT2D eigenvalue weighted by Crippen LogP contribution is -2.68. The van der Waals surface area contributed by atoms with Crippen molar-refractivity contribution in [2.45, 2.75) is 70.6 Å². The molecule has 2 fully saturated rings. The third-order valence-corrected chi connectivity index (χ3v) is 5.78. The number of hydrogen-bond donors (Lipinski definition) is 2. The molecule has 2 rings (SSSR count). The predicted molar refractivity (Wildman–Crippen MR) is 75.7 cm³/mol. The highest BCUT2D eigenvalue weighted by Gasteiger charge is 2.58. The number of rotatable bonds is 4. The summed E-state index contributed by atoms with van der Waals surface area (Å²) >= 11 is 0. The van der Waals surface area contributed by atoms with Crippen LogP contribution in [0.5, 0.6) is 0 Å². The van der Waals surface area contributed by atoms with Gasteiger partial charge >= 0.3 is 0 Å². The fraction of sp³-hybridized carbons (Fsp3) is 0.933. The Hall–Kier alpha value is -0.610. The lowest BCUT2D eigenvalue weighted by Gasteiger charge is -2.59. The van der Waals surface area contributed by atoms with Crippen molar-refractivity contribution in [3.63, 3.8) is 0 Å². The van der Waals surface area contributed by atoms with Gasteiger partial charge in [-0.3, -0.25) is 4.79 Å². The molecule has 0 spiro atoms. The van der Waals surface area contributed by atoms with E-state index in [0.717, 1.165) is 25.7 Å². The molecule has 0 aromatic rings. The zero-order valence-corrected chi connectivity index (χ0v) is 12.7. The lowest BCUT2D eigenvalue weighted by atomic mass is 9.56. The van der Waals surface area contributed by atoms with E-state index in [1.807, 2.05) is 0 Å². The smallest absolute Gasteiger partial charge is 0.220 e. The van der Waals surface area contributed by atoms with Crippen LogP contribution in [0.4, 0.5) is 0 Å². The Morgan fingerprint density at radius 1 is 1.37 bits per heavy atom. The minimum absolute atomic E-state index is 0.0186. The van der Waals surface area contributed by atoms with E-state index in [4.69, 9.17) is 10.5 Å². The Morgan fingerprint density at radius 3 is 2.53 bits per heavy atom. The number of hydrogen-bond acceptors (Lipinski definition) is 3. The molecular formula is C15H28N2O2. The molecule has 0 heterocycles. The van der Waals surface area contributed by atoms with Gasteiger partial charge in [-0.2, -0.15) is 0 Å². The zero-order chi connectivity index (χ0) is 14.3. The summed E-state index contributed by atoms with van der Waals surface area (Å²) in [7, 11) is 1.75. The first kappa shape index (κ1) is 14.8. The van der Waals surface area contributed by atoms with E-state index in [1.54, 1.807) is 7.11 Å². The van der Waals surface area contributed by atoms with Crippen molar-refractivity contribution in [1.29, 1.82) is 0 Å². The van der Waals surface area contributed by atoms with E-state index in [2.05, 4.69) is 26.1 Å². The van der Waals surface area contributed by atoms with Gasteiger partial charge in [0.1, 0.15) is 0 Å². The van der Waals surface area contributed by atoms with Gasteiger partial charge in [0.25, 0.3) is 0 Å². The highest BCUT2D eigenvalue weighted by Crippen LogP contribution is 2.51. The van der Waals surface area contributed by atoms with Crippen molar-refractivity contribution < 1.29 is 9.53 Å². The molecule has 0 aromatic carbocycles. The third kappa shape index (κ3) is 2.52. The maximum Gasteiger partial charge on any atom is 0.220 e. The summed E-state index contributed by atoms with van der Waals surface area (Å²) in [6.07, 6.45) is 4.79. The molecule has 2 unspecified atom stereocenters. The van der Waals surface area contributed by atoms with Gasteiger partial charge in [0.15, 0.2) is 0 Å². The third-order valence-electron chi connectivity index (χ3n) is 5.78. The second-order valence-corrected chi connectivity index (χ2v) is 7.04. The van der Waals surface area contributed by atoms with Gasteiger partial charge in [-0.25, -0.2) is 0 Å². The maximum atomic E-state index is 12.1. The number of carbonyl (C=O) groups is 1. The van der Waals surface area contributed by atoms with Crippen molar-refractivity contribution in [3.05, 3.63) is 0 Å². The molecule has 0 aromatic heterocycles. The van der Waals surface area contributed by atoms with Gasteiger partial charge in [-0.05, 0) is 32.1 Å².